The number of allylic oxidation sites excluding steroid dienone is 1. The van der Waals surface area contributed by atoms with Crippen molar-refractivity contribution in [3.63, 3.8) is 0 Å². The largest absolute Gasteiger partial charge is 0.469 e. The number of thiophene rings is 1. The molecular formula is C12H8ClNOS. The number of nitriles is 1. The van der Waals surface area contributed by atoms with Crippen molar-refractivity contribution >= 4 is 33.5 Å². The van der Waals surface area contributed by atoms with Gasteiger partial charge in [0, 0.05) is 10.4 Å². The second-order valence-corrected chi connectivity index (χ2v) is 4.49. The van der Waals surface area contributed by atoms with E-state index in [1.807, 2.05) is 24.4 Å². The van der Waals surface area contributed by atoms with E-state index in [2.05, 4.69) is 6.07 Å². The Morgan fingerprint density at radius 1 is 1.50 bits per heavy atom. The fourth-order valence-electron chi connectivity index (χ4n) is 1.38. The van der Waals surface area contributed by atoms with Crippen molar-refractivity contribution in [1.29, 1.82) is 5.26 Å². The van der Waals surface area contributed by atoms with Crippen molar-refractivity contribution in [2.24, 2.45) is 0 Å². The molecule has 2 nitrogen and oxygen atoms in total. The van der Waals surface area contributed by atoms with Gasteiger partial charge < -0.3 is 4.42 Å². The first-order valence-electron chi connectivity index (χ1n) is 4.62. The molecule has 2 aromatic heterocycles. The SMILES string of the molecule is Cc1occc1C(Cl)=C(C#N)c1cccs1. The lowest BCUT2D eigenvalue weighted by atomic mass is 10.1. The maximum absolute atomic E-state index is 9.14. The summed E-state index contributed by atoms with van der Waals surface area (Å²) in [7, 11) is 0. The van der Waals surface area contributed by atoms with Crippen LogP contribution in [0.1, 0.15) is 16.2 Å². The minimum atomic E-state index is 0.441. The lowest BCUT2D eigenvalue weighted by molar-refractivity contribution is 0.533. The lowest BCUT2D eigenvalue weighted by Gasteiger charge is -2.00. The van der Waals surface area contributed by atoms with Crippen molar-refractivity contribution in [3.8, 4) is 6.07 Å². The molecule has 0 spiro atoms. The Morgan fingerprint density at radius 3 is 2.81 bits per heavy atom. The molecule has 0 unspecified atom stereocenters. The fourth-order valence-corrected chi connectivity index (χ4v) is 2.50. The Balaban J connectivity index is 2.56. The van der Waals surface area contributed by atoms with Crippen LogP contribution in [0.4, 0.5) is 0 Å². The van der Waals surface area contributed by atoms with Gasteiger partial charge in [-0.25, -0.2) is 0 Å². The van der Waals surface area contributed by atoms with E-state index < -0.39 is 0 Å². The highest BCUT2D eigenvalue weighted by Crippen LogP contribution is 2.33. The Hall–Kier alpha value is -1.50. The van der Waals surface area contributed by atoms with Crippen LogP contribution in [-0.4, -0.2) is 0 Å². The molecule has 0 radical (unpaired) electrons. The molecule has 0 bridgehead atoms. The summed E-state index contributed by atoms with van der Waals surface area (Å²) in [6.07, 6.45) is 1.57. The second kappa shape index (κ2) is 4.56. The fraction of sp³-hybridized carbons (Fsp3) is 0.0833. The van der Waals surface area contributed by atoms with Crippen LogP contribution < -0.4 is 0 Å². The third-order valence-electron chi connectivity index (χ3n) is 2.19. The van der Waals surface area contributed by atoms with E-state index in [1.165, 1.54) is 11.3 Å². The number of nitrogens with zero attached hydrogens (tertiary/aromatic N) is 1. The number of hydrogen-bond acceptors (Lipinski definition) is 3. The van der Waals surface area contributed by atoms with Crippen LogP contribution >= 0.6 is 22.9 Å². The molecule has 0 aromatic carbocycles. The average molecular weight is 250 g/mol. The summed E-state index contributed by atoms with van der Waals surface area (Å²) in [4.78, 5) is 0.869. The van der Waals surface area contributed by atoms with Gasteiger partial charge in [0.25, 0.3) is 0 Å². The molecule has 0 N–H and O–H groups in total. The van der Waals surface area contributed by atoms with Crippen LogP contribution in [0.3, 0.4) is 0 Å². The molecule has 0 saturated carbocycles. The molecule has 0 aliphatic rings. The van der Waals surface area contributed by atoms with Gasteiger partial charge in [-0.1, -0.05) is 17.7 Å². The van der Waals surface area contributed by atoms with Crippen molar-refractivity contribution in [1.82, 2.24) is 0 Å². The summed E-state index contributed by atoms with van der Waals surface area (Å²) < 4.78 is 5.17. The molecule has 0 atom stereocenters. The molecule has 16 heavy (non-hydrogen) atoms. The van der Waals surface area contributed by atoms with Gasteiger partial charge in [0.05, 0.1) is 16.9 Å². The molecule has 0 aliphatic carbocycles. The van der Waals surface area contributed by atoms with E-state index in [-0.39, 0.29) is 0 Å². The molecular weight excluding hydrogens is 242 g/mol. The van der Waals surface area contributed by atoms with Gasteiger partial charge in [-0.05, 0) is 24.4 Å². The van der Waals surface area contributed by atoms with E-state index in [0.717, 1.165) is 10.4 Å². The number of halogens is 1. The third-order valence-corrected chi connectivity index (χ3v) is 3.47. The van der Waals surface area contributed by atoms with Gasteiger partial charge in [-0.15, -0.1) is 11.3 Å². The summed E-state index contributed by atoms with van der Waals surface area (Å²) >= 11 is 7.71. The Morgan fingerprint density at radius 2 is 2.31 bits per heavy atom. The molecule has 0 amide bonds. The van der Waals surface area contributed by atoms with E-state index in [1.54, 1.807) is 12.3 Å². The zero-order chi connectivity index (χ0) is 11.5. The van der Waals surface area contributed by atoms with Crippen LogP contribution in [0.15, 0.2) is 34.3 Å². The van der Waals surface area contributed by atoms with Crippen LogP contribution in [0, 0.1) is 18.3 Å². The summed E-state index contributed by atoms with van der Waals surface area (Å²) in [5.41, 5.74) is 1.26. The van der Waals surface area contributed by atoms with Crippen LogP contribution in [-0.2, 0) is 0 Å². The highest BCUT2D eigenvalue weighted by atomic mass is 35.5. The normalized spacial score (nSPS) is 12.1. The predicted molar refractivity (Wildman–Crippen MR) is 66.0 cm³/mol. The number of furan rings is 1. The monoisotopic (exact) mass is 249 g/mol. The first-order chi connectivity index (χ1) is 7.74. The minimum Gasteiger partial charge on any atom is -0.469 e. The first kappa shape index (κ1) is 11.0. The van der Waals surface area contributed by atoms with Gasteiger partial charge in [0.2, 0.25) is 0 Å². The summed E-state index contributed by atoms with van der Waals surface area (Å²) in [5.74, 6) is 0.717. The number of hydrogen-bond donors (Lipinski definition) is 0. The summed E-state index contributed by atoms with van der Waals surface area (Å²) in [6, 6.07) is 7.67. The average Bonchev–Trinajstić information content (AvgIpc) is 2.90. The molecule has 0 aliphatic heterocycles. The Labute approximate surface area is 102 Å². The molecule has 0 fully saturated rings. The van der Waals surface area contributed by atoms with Gasteiger partial charge in [0.15, 0.2) is 0 Å². The van der Waals surface area contributed by atoms with Crippen LogP contribution in [0.5, 0.6) is 0 Å². The molecule has 80 valence electrons. The zero-order valence-electron chi connectivity index (χ0n) is 8.53. The second-order valence-electron chi connectivity index (χ2n) is 3.17. The minimum absolute atomic E-state index is 0.441. The van der Waals surface area contributed by atoms with Gasteiger partial charge in [-0.3, -0.25) is 0 Å². The predicted octanol–water partition coefficient (Wildman–Crippen LogP) is 4.28. The quantitative estimate of drug-likeness (QED) is 0.745. The molecule has 2 aromatic rings. The van der Waals surface area contributed by atoms with Crippen molar-refractivity contribution in [3.05, 3.63) is 46.0 Å². The molecule has 2 rings (SSSR count). The Bertz CT molecular complexity index is 560. The van der Waals surface area contributed by atoms with E-state index in [0.29, 0.717) is 16.4 Å². The van der Waals surface area contributed by atoms with Crippen molar-refractivity contribution < 1.29 is 4.42 Å². The smallest absolute Gasteiger partial charge is 0.109 e. The summed E-state index contributed by atoms with van der Waals surface area (Å²) in [6.45, 7) is 1.82. The first-order valence-corrected chi connectivity index (χ1v) is 5.88. The third kappa shape index (κ3) is 1.90. The van der Waals surface area contributed by atoms with Gasteiger partial charge in [0.1, 0.15) is 11.8 Å². The van der Waals surface area contributed by atoms with E-state index in [4.69, 9.17) is 21.3 Å². The topological polar surface area (TPSA) is 36.9 Å². The highest BCUT2D eigenvalue weighted by Gasteiger charge is 2.13. The maximum Gasteiger partial charge on any atom is 0.109 e. The summed E-state index contributed by atoms with van der Waals surface area (Å²) in [5, 5.41) is 11.5. The van der Waals surface area contributed by atoms with Gasteiger partial charge in [-0.2, -0.15) is 5.26 Å². The molecule has 0 saturated heterocycles. The molecule has 4 heteroatoms. The highest BCUT2D eigenvalue weighted by molar-refractivity contribution is 7.11. The number of aryl methyl sites for hydroxylation is 1. The zero-order valence-corrected chi connectivity index (χ0v) is 10.1. The lowest BCUT2D eigenvalue weighted by Crippen LogP contribution is -1.83. The van der Waals surface area contributed by atoms with Crippen LogP contribution in [0.25, 0.3) is 10.6 Å². The van der Waals surface area contributed by atoms with Crippen molar-refractivity contribution in [2.45, 2.75) is 6.92 Å². The standard InChI is InChI=1S/C12H8ClNOS/c1-8-9(4-5-15-8)12(13)10(7-14)11-3-2-6-16-11/h2-6H,1H3. The molecule has 2 heterocycles. The maximum atomic E-state index is 9.14. The van der Waals surface area contributed by atoms with Gasteiger partial charge >= 0.3 is 0 Å². The van der Waals surface area contributed by atoms with E-state index in [9.17, 15) is 0 Å². The number of rotatable bonds is 2. The van der Waals surface area contributed by atoms with Crippen LogP contribution in [0.2, 0.25) is 0 Å². The van der Waals surface area contributed by atoms with E-state index >= 15 is 0 Å². The van der Waals surface area contributed by atoms with Crippen molar-refractivity contribution in [2.75, 3.05) is 0 Å². The Kier molecular flexibility index (Phi) is 3.14.